The normalized spacial score (nSPS) is 24.5. The van der Waals surface area contributed by atoms with Crippen LogP contribution in [0.2, 0.25) is 0 Å². The molecule has 0 radical (unpaired) electrons. The topological polar surface area (TPSA) is 33.6 Å². The van der Waals surface area contributed by atoms with E-state index in [4.69, 9.17) is 12.2 Å². The van der Waals surface area contributed by atoms with Crippen molar-refractivity contribution >= 4 is 23.0 Å². The summed E-state index contributed by atoms with van der Waals surface area (Å²) in [5.74, 6) is 0. The van der Waals surface area contributed by atoms with E-state index in [1.807, 2.05) is 0 Å². The Morgan fingerprint density at radius 2 is 2.20 bits per heavy atom. The second kappa shape index (κ2) is 3.42. The lowest BCUT2D eigenvalue weighted by molar-refractivity contribution is -0.330. The molecule has 0 amide bonds. The molecule has 0 bridgehead atoms. The molecule has 15 heavy (non-hydrogen) atoms. The van der Waals surface area contributed by atoms with E-state index in [1.54, 1.807) is 0 Å². The monoisotopic (exact) mass is 234 g/mol. The van der Waals surface area contributed by atoms with Crippen molar-refractivity contribution in [2.75, 3.05) is 0 Å². The first-order valence-corrected chi connectivity index (χ1v) is 4.39. The molecule has 0 spiro atoms. The molecule has 80 valence electrons. The quantitative estimate of drug-likeness (QED) is 0.701. The van der Waals surface area contributed by atoms with Crippen LogP contribution in [0, 0.1) is 0 Å². The zero-order chi connectivity index (χ0) is 11.1. The standard InChI is InChI=1S/C8H5F3N2OS/c9-8(10,11)14-4-1-2-5-6(3-4)13-7(15)12-5/h1-4H,(H,13,15). The first kappa shape index (κ1) is 10.3. The maximum Gasteiger partial charge on any atom is 0.523 e. The van der Waals surface area contributed by atoms with Gasteiger partial charge in [0.25, 0.3) is 0 Å². The SMILES string of the molecule is FC(F)(F)OC1C=CC2=NC(=S)NC2=C1. The van der Waals surface area contributed by atoms with Gasteiger partial charge >= 0.3 is 6.36 Å². The average molecular weight is 234 g/mol. The summed E-state index contributed by atoms with van der Waals surface area (Å²) in [4.78, 5) is 3.89. The minimum Gasteiger partial charge on any atom is -0.329 e. The van der Waals surface area contributed by atoms with Crippen LogP contribution in [0.15, 0.2) is 28.9 Å². The number of halogens is 3. The molecule has 0 saturated carbocycles. The molecule has 1 aliphatic carbocycles. The fraction of sp³-hybridized carbons (Fsp3) is 0.250. The highest BCUT2D eigenvalue weighted by molar-refractivity contribution is 7.80. The van der Waals surface area contributed by atoms with E-state index in [1.165, 1.54) is 18.2 Å². The zero-order valence-corrected chi connectivity index (χ0v) is 8.02. The van der Waals surface area contributed by atoms with Crippen molar-refractivity contribution in [1.82, 2.24) is 5.32 Å². The lowest BCUT2D eigenvalue weighted by Crippen LogP contribution is -2.25. The Bertz CT molecular complexity index is 397. The Morgan fingerprint density at radius 1 is 1.47 bits per heavy atom. The molecule has 0 aromatic rings. The van der Waals surface area contributed by atoms with Crippen LogP contribution >= 0.6 is 12.2 Å². The summed E-state index contributed by atoms with van der Waals surface area (Å²) >= 11 is 4.75. The number of nitrogens with zero attached hydrogens (tertiary/aromatic N) is 1. The Balaban J connectivity index is 2.13. The predicted molar refractivity (Wildman–Crippen MR) is 51.3 cm³/mol. The smallest absolute Gasteiger partial charge is 0.329 e. The van der Waals surface area contributed by atoms with Crippen LogP contribution in [0.4, 0.5) is 13.2 Å². The zero-order valence-electron chi connectivity index (χ0n) is 7.21. The van der Waals surface area contributed by atoms with E-state index in [0.29, 0.717) is 11.4 Å². The van der Waals surface area contributed by atoms with Gasteiger partial charge in [0.15, 0.2) is 5.11 Å². The molecule has 2 aliphatic rings. The van der Waals surface area contributed by atoms with Crippen molar-refractivity contribution in [2.24, 2.45) is 4.99 Å². The Morgan fingerprint density at radius 3 is 2.87 bits per heavy atom. The molecule has 3 nitrogen and oxygen atoms in total. The van der Waals surface area contributed by atoms with Crippen molar-refractivity contribution < 1.29 is 17.9 Å². The summed E-state index contributed by atoms with van der Waals surface area (Å²) in [5.41, 5.74) is 0.985. The third-order valence-electron chi connectivity index (χ3n) is 1.78. The minimum absolute atomic E-state index is 0.244. The third kappa shape index (κ3) is 2.42. The molecule has 0 saturated heterocycles. The molecular formula is C8H5F3N2OS. The van der Waals surface area contributed by atoms with Gasteiger partial charge < -0.3 is 5.32 Å². The Hall–Kier alpha value is -1.21. The molecule has 1 aliphatic heterocycles. The number of nitrogens with one attached hydrogen (secondary N) is 1. The molecule has 0 aromatic heterocycles. The summed E-state index contributed by atoms with van der Waals surface area (Å²) in [6.07, 6.45) is -1.79. The van der Waals surface area contributed by atoms with Crippen LogP contribution < -0.4 is 5.32 Å². The van der Waals surface area contributed by atoms with Crippen LogP contribution in [-0.2, 0) is 4.74 Å². The lowest BCUT2D eigenvalue weighted by atomic mass is 10.1. The number of allylic oxidation sites excluding steroid dienone is 1. The number of thiocarbonyl (C=S) groups is 1. The second-order valence-electron chi connectivity index (χ2n) is 2.89. The number of hydrogen-bond acceptors (Lipinski definition) is 2. The van der Waals surface area contributed by atoms with E-state index < -0.39 is 12.5 Å². The molecule has 0 fully saturated rings. The summed E-state index contributed by atoms with van der Waals surface area (Å²) in [6.45, 7) is 0. The molecule has 1 heterocycles. The number of rotatable bonds is 1. The van der Waals surface area contributed by atoms with Crippen LogP contribution in [0.25, 0.3) is 0 Å². The lowest BCUT2D eigenvalue weighted by Gasteiger charge is -2.16. The second-order valence-corrected chi connectivity index (χ2v) is 3.28. The highest BCUT2D eigenvalue weighted by atomic mass is 32.1. The molecule has 1 unspecified atom stereocenters. The van der Waals surface area contributed by atoms with Crippen molar-refractivity contribution in [3.8, 4) is 0 Å². The third-order valence-corrected chi connectivity index (χ3v) is 1.98. The maximum atomic E-state index is 11.9. The maximum absolute atomic E-state index is 11.9. The van der Waals surface area contributed by atoms with Gasteiger partial charge in [-0.05, 0) is 30.4 Å². The number of hydrogen-bond donors (Lipinski definition) is 1. The van der Waals surface area contributed by atoms with Gasteiger partial charge in [-0.3, -0.25) is 4.74 Å². The van der Waals surface area contributed by atoms with Gasteiger partial charge in [-0.15, -0.1) is 13.2 Å². The molecule has 0 aromatic carbocycles. The summed E-state index contributed by atoms with van der Waals surface area (Å²) in [7, 11) is 0. The van der Waals surface area contributed by atoms with Gasteiger partial charge in [-0.2, -0.15) is 0 Å². The predicted octanol–water partition coefficient (Wildman–Crippen LogP) is 1.67. The number of fused-ring (bicyclic) bond motifs is 1. The van der Waals surface area contributed by atoms with E-state index >= 15 is 0 Å². The first-order chi connectivity index (χ1) is 6.94. The highest BCUT2D eigenvalue weighted by Gasteiger charge is 2.33. The molecule has 1 atom stereocenters. The van der Waals surface area contributed by atoms with Crippen LogP contribution in [-0.4, -0.2) is 23.3 Å². The van der Waals surface area contributed by atoms with Crippen LogP contribution in [0.3, 0.4) is 0 Å². The van der Waals surface area contributed by atoms with Crippen LogP contribution in [0.1, 0.15) is 0 Å². The number of alkyl halides is 3. The highest BCUT2D eigenvalue weighted by Crippen LogP contribution is 2.23. The van der Waals surface area contributed by atoms with Gasteiger partial charge in [0.05, 0.1) is 11.4 Å². The van der Waals surface area contributed by atoms with Gasteiger partial charge in [0.1, 0.15) is 6.10 Å². The van der Waals surface area contributed by atoms with Crippen molar-refractivity contribution in [2.45, 2.75) is 12.5 Å². The molecule has 7 heteroatoms. The van der Waals surface area contributed by atoms with E-state index in [0.717, 1.165) is 0 Å². The van der Waals surface area contributed by atoms with Gasteiger partial charge in [-0.25, -0.2) is 4.99 Å². The minimum atomic E-state index is -4.65. The largest absolute Gasteiger partial charge is 0.523 e. The van der Waals surface area contributed by atoms with E-state index in [2.05, 4.69) is 15.0 Å². The summed E-state index contributed by atoms with van der Waals surface area (Å²) in [6, 6.07) is 0. The molecule has 2 rings (SSSR count). The fourth-order valence-corrected chi connectivity index (χ4v) is 1.47. The number of ether oxygens (including phenoxy) is 1. The van der Waals surface area contributed by atoms with Crippen LogP contribution in [0.5, 0.6) is 0 Å². The molecular weight excluding hydrogens is 229 g/mol. The number of aliphatic imine (C=N–C) groups is 1. The van der Waals surface area contributed by atoms with E-state index in [-0.39, 0.29) is 5.11 Å². The van der Waals surface area contributed by atoms with Gasteiger partial charge in [0, 0.05) is 0 Å². The summed E-state index contributed by atoms with van der Waals surface area (Å²) in [5, 5.41) is 2.91. The van der Waals surface area contributed by atoms with E-state index in [9.17, 15) is 13.2 Å². The van der Waals surface area contributed by atoms with Crippen molar-refractivity contribution in [3.05, 3.63) is 23.9 Å². The Labute approximate surface area is 88.3 Å². The summed E-state index contributed by atoms with van der Waals surface area (Å²) < 4.78 is 39.5. The molecule has 1 N–H and O–H groups in total. The van der Waals surface area contributed by atoms with Gasteiger partial charge in [0.2, 0.25) is 0 Å². The van der Waals surface area contributed by atoms with Crippen molar-refractivity contribution in [1.29, 1.82) is 0 Å². The van der Waals surface area contributed by atoms with Crippen molar-refractivity contribution in [3.63, 3.8) is 0 Å². The fourth-order valence-electron chi connectivity index (χ4n) is 1.26. The first-order valence-electron chi connectivity index (χ1n) is 3.99. The Kier molecular flexibility index (Phi) is 2.35. The average Bonchev–Trinajstić information content (AvgIpc) is 2.40. The van der Waals surface area contributed by atoms with Gasteiger partial charge in [-0.1, -0.05) is 0 Å².